The molecule has 6 aliphatic heterocycles. The second-order valence-electron chi connectivity index (χ2n) is 15.9. The zero-order valence-corrected chi connectivity index (χ0v) is 34.0. The van der Waals surface area contributed by atoms with Crippen LogP contribution in [0.4, 0.5) is 0 Å². The highest BCUT2D eigenvalue weighted by molar-refractivity contribution is 7.99. The van der Waals surface area contributed by atoms with Gasteiger partial charge >= 0.3 is 11.9 Å². The molecule has 0 radical (unpaired) electrons. The molecule has 2 bridgehead atoms. The predicted octanol–water partition coefficient (Wildman–Crippen LogP) is 4.44. The SMILES string of the molecule is COc1ccc2[nH]c3c(c2c1)CCN[C@]31CSC[C@H]2[C@@H]3c4c(cc(C)c(OC)c4O)CC(O)(CN3C)N2C(c2c(C)c(OC(C)=O)c(C)c3c2OCO3)COC1=O. The normalized spacial score (nSPS) is 27.0. The van der Waals surface area contributed by atoms with E-state index < -0.39 is 41.3 Å². The van der Waals surface area contributed by atoms with Gasteiger partial charge in [0.15, 0.2) is 28.5 Å². The summed E-state index contributed by atoms with van der Waals surface area (Å²) in [6, 6.07) is 6.15. The van der Waals surface area contributed by atoms with Crippen molar-refractivity contribution in [2.75, 3.05) is 59.3 Å². The third-order valence-electron chi connectivity index (χ3n) is 12.6. The van der Waals surface area contributed by atoms with Gasteiger partial charge in [0.05, 0.1) is 32.0 Å². The minimum atomic E-state index is -1.53. The van der Waals surface area contributed by atoms with Crippen LogP contribution in [0.15, 0.2) is 24.3 Å². The number of H-pyrrole nitrogens is 1. The van der Waals surface area contributed by atoms with Gasteiger partial charge in [-0.15, -0.1) is 0 Å². The average molecular weight is 801 g/mol. The first-order chi connectivity index (χ1) is 27.3. The van der Waals surface area contributed by atoms with Crippen LogP contribution in [-0.4, -0.2) is 108 Å². The number of aryl methyl sites for hydroxylation is 1. The van der Waals surface area contributed by atoms with E-state index in [2.05, 4.69) is 20.1 Å². The molecule has 6 aliphatic rings. The van der Waals surface area contributed by atoms with Crippen LogP contribution in [0.5, 0.6) is 34.5 Å². The van der Waals surface area contributed by atoms with Crippen molar-refractivity contribution < 1.29 is 48.2 Å². The number of methoxy groups -OCH3 is 2. The van der Waals surface area contributed by atoms with Crippen LogP contribution < -0.4 is 29.0 Å². The van der Waals surface area contributed by atoms with Gasteiger partial charge in [0.1, 0.15) is 23.8 Å². The Hall–Kier alpha value is -4.67. The lowest BCUT2D eigenvalue weighted by molar-refractivity contribution is -0.207. The van der Waals surface area contributed by atoms with Gasteiger partial charge in [-0.3, -0.25) is 19.9 Å². The smallest absolute Gasteiger partial charge is 0.333 e. The van der Waals surface area contributed by atoms with E-state index in [-0.39, 0.29) is 32.1 Å². The Balaban J connectivity index is 1.26. The maximum Gasteiger partial charge on any atom is 0.333 e. The van der Waals surface area contributed by atoms with Gasteiger partial charge in [-0.05, 0) is 69.1 Å². The van der Waals surface area contributed by atoms with E-state index in [9.17, 15) is 19.8 Å². The Morgan fingerprint density at radius 1 is 1.04 bits per heavy atom. The third-order valence-corrected chi connectivity index (χ3v) is 13.8. The number of benzene rings is 3. The molecule has 15 heteroatoms. The van der Waals surface area contributed by atoms with E-state index >= 15 is 0 Å². The second-order valence-corrected chi connectivity index (χ2v) is 16.9. The van der Waals surface area contributed by atoms with E-state index in [1.807, 2.05) is 52.1 Å². The average Bonchev–Trinajstić information content (AvgIpc) is 3.76. The molecule has 10 rings (SSSR count). The summed E-state index contributed by atoms with van der Waals surface area (Å²) >= 11 is 1.59. The number of carbonyl (C=O) groups excluding carboxylic acids is 2. The standard InChI is InChI=1S/C42H48N4O10S/c1-20-12-24-14-41(50)17-45(5)33(32(24)34(48)35(20)52-7)30-16-57-18-42(39-26(10-11-43-42)27-13-25(51-6)8-9-28(27)44-39)40(49)53-15-29(46(30)41)31-21(2)36(56-23(4)47)22(3)37-38(31)55-19-54-37/h8-9,12-13,29-30,33,43-44,48,50H,10-11,14-19H2,1-7H3/t29?,30-,33+,41?,42+/m0/s1. The van der Waals surface area contributed by atoms with Crippen molar-refractivity contribution in [3.05, 3.63) is 68.9 Å². The number of ether oxygens (including phenoxy) is 6. The number of phenolic OH excluding ortho intramolecular Hbond substituents is 1. The number of rotatable bonds is 4. The molecule has 2 fully saturated rings. The van der Waals surface area contributed by atoms with Gasteiger partial charge in [-0.2, -0.15) is 11.8 Å². The molecule has 4 aromatic rings. The monoisotopic (exact) mass is 800 g/mol. The molecule has 3 aromatic carbocycles. The zero-order chi connectivity index (χ0) is 40.1. The minimum absolute atomic E-state index is 0.0466. The number of hydrogen-bond acceptors (Lipinski definition) is 14. The predicted molar refractivity (Wildman–Crippen MR) is 212 cm³/mol. The molecule has 5 atom stereocenters. The number of nitrogens with zero attached hydrogens (tertiary/aromatic N) is 2. The molecule has 0 saturated carbocycles. The van der Waals surface area contributed by atoms with Crippen molar-refractivity contribution in [3.63, 3.8) is 0 Å². The first-order valence-electron chi connectivity index (χ1n) is 19.2. The van der Waals surface area contributed by atoms with Crippen molar-refractivity contribution >= 4 is 34.6 Å². The van der Waals surface area contributed by atoms with Crippen LogP contribution in [0.1, 0.15) is 63.6 Å². The van der Waals surface area contributed by atoms with E-state index in [0.717, 1.165) is 39.0 Å². The Morgan fingerprint density at radius 3 is 2.58 bits per heavy atom. The summed E-state index contributed by atoms with van der Waals surface area (Å²) in [6.45, 7) is 7.40. The van der Waals surface area contributed by atoms with Gasteiger partial charge < -0.3 is 43.6 Å². The third kappa shape index (κ3) is 5.60. The molecule has 57 heavy (non-hydrogen) atoms. The summed E-state index contributed by atoms with van der Waals surface area (Å²) in [4.78, 5) is 35.3. The summed E-state index contributed by atoms with van der Waals surface area (Å²) in [5, 5.41) is 29.8. The number of nitrogens with one attached hydrogen (secondary N) is 2. The first kappa shape index (κ1) is 37.9. The molecule has 302 valence electrons. The molecule has 4 N–H and O–H groups in total. The van der Waals surface area contributed by atoms with Gasteiger partial charge in [0.2, 0.25) is 6.79 Å². The summed E-state index contributed by atoms with van der Waals surface area (Å²) in [5.74, 6) is 2.17. The zero-order valence-electron chi connectivity index (χ0n) is 33.2. The van der Waals surface area contributed by atoms with Gasteiger partial charge in [0.25, 0.3) is 0 Å². The first-order valence-corrected chi connectivity index (χ1v) is 20.4. The van der Waals surface area contributed by atoms with Crippen LogP contribution in [-0.2, 0) is 32.7 Å². The molecule has 1 aromatic heterocycles. The maximum absolute atomic E-state index is 15.0. The molecular formula is C42H48N4O10S. The summed E-state index contributed by atoms with van der Waals surface area (Å²) in [6.07, 6.45) is 0.866. The number of likely N-dealkylation sites (N-methyl/N-ethyl adjacent to an activating group) is 1. The number of aliphatic hydroxyl groups is 1. The fourth-order valence-electron chi connectivity index (χ4n) is 10.4. The van der Waals surface area contributed by atoms with Crippen LogP contribution >= 0.6 is 11.8 Å². The number of phenols is 1. The highest BCUT2D eigenvalue weighted by Gasteiger charge is 2.58. The Bertz CT molecular complexity index is 2350. The Morgan fingerprint density at radius 2 is 1.82 bits per heavy atom. The van der Waals surface area contributed by atoms with Gasteiger partial charge in [0, 0.05) is 77.1 Å². The number of hydrogen-bond donors (Lipinski definition) is 4. The van der Waals surface area contributed by atoms with E-state index in [0.29, 0.717) is 69.7 Å². The number of carbonyl (C=O) groups is 2. The van der Waals surface area contributed by atoms with Gasteiger partial charge in [-0.25, -0.2) is 4.79 Å². The Labute approximate surface area is 334 Å². The lowest BCUT2D eigenvalue weighted by Gasteiger charge is -2.56. The number of aromatic nitrogens is 1. The van der Waals surface area contributed by atoms with Crippen molar-refractivity contribution in [1.82, 2.24) is 20.1 Å². The molecule has 2 unspecified atom stereocenters. The van der Waals surface area contributed by atoms with Crippen LogP contribution in [0.25, 0.3) is 10.9 Å². The topological polar surface area (TPSA) is 164 Å². The highest BCUT2D eigenvalue weighted by Crippen LogP contribution is 2.57. The maximum atomic E-state index is 15.0. The molecule has 0 aliphatic carbocycles. The highest BCUT2D eigenvalue weighted by atomic mass is 32.2. The fourth-order valence-corrected chi connectivity index (χ4v) is 11.7. The largest absolute Gasteiger partial charge is 0.504 e. The molecule has 7 heterocycles. The van der Waals surface area contributed by atoms with Crippen molar-refractivity contribution in [1.29, 1.82) is 0 Å². The lowest BCUT2D eigenvalue weighted by Crippen LogP contribution is -2.68. The number of cyclic esters (lactones) is 1. The summed E-state index contributed by atoms with van der Waals surface area (Å²) < 4.78 is 36.0. The van der Waals surface area contributed by atoms with Gasteiger partial charge in [-0.1, -0.05) is 6.07 Å². The Kier molecular flexibility index (Phi) is 9.12. The number of aromatic amines is 1. The molecule has 2 saturated heterocycles. The van der Waals surface area contributed by atoms with Crippen LogP contribution in [0.3, 0.4) is 0 Å². The number of thioether (sulfide) groups is 1. The lowest BCUT2D eigenvalue weighted by atomic mass is 9.87. The van der Waals surface area contributed by atoms with Crippen molar-refractivity contribution in [2.45, 2.75) is 69.9 Å². The van der Waals surface area contributed by atoms with Crippen LogP contribution in [0.2, 0.25) is 0 Å². The fraction of sp³-hybridized carbons (Fsp3) is 0.476. The molecule has 1 spiro atoms. The van der Waals surface area contributed by atoms with E-state index in [4.69, 9.17) is 28.4 Å². The van der Waals surface area contributed by atoms with E-state index in [1.54, 1.807) is 26.0 Å². The number of piperazine rings is 1. The molecule has 0 amide bonds. The summed E-state index contributed by atoms with van der Waals surface area (Å²) in [5.41, 5.74) is 3.96. The second kappa shape index (κ2) is 13.7. The quantitative estimate of drug-likeness (QED) is 0.169. The number of esters is 2. The molecular weight excluding hydrogens is 753 g/mol. The van der Waals surface area contributed by atoms with Crippen molar-refractivity contribution in [3.8, 4) is 34.5 Å². The number of fused-ring (bicyclic) bond motifs is 6. The van der Waals surface area contributed by atoms with Crippen LogP contribution in [0, 0.1) is 20.8 Å². The van der Waals surface area contributed by atoms with Crippen molar-refractivity contribution in [2.24, 2.45) is 0 Å². The van der Waals surface area contributed by atoms with E-state index in [1.165, 1.54) is 6.92 Å². The number of aromatic hydroxyl groups is 1. The molecule has 14 nitrogen and oxygen atoms in total. The summed E-state index contributed by atoms with van der Waals surface area (Å²) in [7, 11) is 5.15. The minimum Gasteiger partial charge on any atom is -0.504 e.